The van der Waals surface area contributed by atoms with Crippen LogP contribution in [0, 0.1) is 13.8 Å². The first-order valence-corrected chi connectivity index (χ1v) is 15.2. The summed E-state index contributed by atoms with van der Waals surface area (Å²) in [6.45, 7) is 22.3. The first-order valence-electron chi connectivity index (χ1n) is 9.29. The summed E-state index contributed by atoms with van der Waals surface area (Å²) in [6, 6.07) is 14.7. The van der Waals surface area contributed by atoms with E-state index in [4.69, 9.17) is 0 Å². The Labute approximate surface area is 196 Å². The number of rotatable bonds is 1. The predicted octanol–water partition coefficient (Wildman–Crippen LogP) is 1.21. The van der Waals surface area contributed by atoms with Gasteiger partial charge >= 0.3 is 48.3 Å². The van der Waals surface area contributed by atoms with Gasteiger partial charge in [0.05, 0.1) is 0 Å². The van der Waals surface area contributed by atoms with Gasteiger partial charge in [-0.15, -0.1) is 0 Å². The van der Waals surface area contributed by atoms with Crippen LogP contribution in [0.3, 0.4) is 0 Å². The Morgan fingerprint density at radius 1 is 0.815 bits per heavy atom. The van der Waals surface area contributed by atoms with Crippen molar-refractivity contribution in [2.75, 3.05) is 0 Å². The largest absolute Gasteiger partial charge is 1.00 e. The minimum atomic E-state index is 0. The van der Waals surface area contributed by atoms with E-state index >= 15 is 0 Å². The molecule has 0 fully saturated rings. The molecule has 2 aromatic carbocycles. The molecule has 0 spiro atoms. The van der Waals surface area contributed by atoms with Crippen LogP contribution in [0.1, 0.15) is 70.7 Å². The molecular weight excluding hydrogens is 466 g/mol. The fraction of sp³-hybridized carbons (Fsp3) is 0.565. The predicted molar refractivity (Wildman–Crippen MR) is 113 cm³/mol. The molecule has 4 heteroatoms. The van der Waals surface area contributed by atoms with E-state index in [2.05, 4.69) is 105 Å². The molecule has 0 radical (unpaired) electrons. The average molecular weight is 505 g/mol. The Hall–Kier alpha value is 0.380. The molecule has 0 unspecified atom stereocenters. The van der Waals surface area contributed by atoms with Crippen LogP contribution in [0.15, 0.2) is 36.4 Å². The van der Waals surface area contributed by atoms with E-state index in [-0.39, 0.29) is 30.2 Å². The van der Waals surface area contributed by atoms with Crippen molar-refractivity contribution < 1.29 is 48.1 Å². The number of hydrogen-bond donors (Lipinski definition) is 0. The Kier molecular flexibility index (Phi) is 17.1. The molecule has 154 valence electrons. The summed E-state index contributed by atoms with van der Waals surface area (Å²) < 4.78 is 0. The van der Waals surface area contributed by atoms with Crippen molar-refractivity contribution in [2.45, 2.75) is 85.7 Å². The molecule has 0 amide bonds. The molecule has 0 aliphatic heterocycles. The van der Waals surface area contributed by atoms with Crippen molar-refractivity contribution >= 4 is 5.43 Å². The average Bonchev–Trinajstić information content (AvgIpc) is 3.07. The Bertz CT molecular complexity index is 590. The van der Waals surface area contributed by atoms with E-state index in [0.29, 0.717) is 10.8 Å². The maximum Gasteiger partial charge on any atom is -0.0635 e. The van der Waals surface area contributed by atoms with Crippen LogP contribution in [-0.4, -0.2) is 5.43 Å². The monoisotopic (exact) mass is 502 g/mol. The fourth-order valence-electron chi connectivity index (χ4n) is 2.06. The zero-order valence-electron chi connectivity index (χ0n) is 18.9. The third kappa shape index (κ3) is 15.0. The summed E-state index contributed by atoms with van der Waals surface area (Å²) >= 11 is 1.77. The van der Waals surface area contributed by atoms with Gasteiger partial charge in [-0.25, -0.2) is 12.1 Å². The number of halogens is 2. The second kappa shape index (κ2) is 14.4. The molecule has 0 saturated heterocycles. The fourth-order valence-corrected chi connectivity index (χ4v) is 2.06. The second-order valence-corrected chi connectivity index (χ2v) is 17.5. The van der Waals surface area contributed by atoms with Crippen LogP contribution in [0.2, 0.25) is 12.6 Å². The number of hydrogen-bond acceptors (Lipinski definition) is 0. The third-order valence-corrected chi connectivity index (χ3v) is 7.75. The molecule has 2 rings (SSSR count). The van der Waals surface area contributed by atoms with Crippen LogP contribution >= 0.6 is 0 Å². The van der Waals surface area contributed by atoms with Gasteiger partial charge in [0.1, 0.15) is 0 Å². The zero-order valence-corrected chi connectivity index (χ0v) is 23.9. The van der Waals surface area contributed by atoms with Crippen LogP contribution in [-0.2, 0) is 34.2 Å². The van der Waals surface area contributed by atoms with Crippen molar-refractivity contribution in [2.24, 2.45) is 0 Å². The van der Waals surface area contributed by atoms with Crippen molar-refractivity contribution in [3.05, 3.63) is 58.7 Å². The summed E-state index contributed by atoms with van der Waals surface area (Å²) in [5.41, 5.74) is 6.45. The topological polar surface area (TPSA) is 0 Å². The Balaban J connectivity index is -0.000000326. The van der Waals surface area contributed by atoms with Gasteiger partial charge in [0, 0.05) is 0 Å². The van der Waals surface area contributed by atoms with Crippen molar-refractivity contribution in [1.82, 2.24) is 0 Å². The van der Waals surface area contributed by atoms with Gasteiger partial charge in [0.25, 0.3) is 0 Å². The van der Waals surface area contributed by atoms with E-state index in [1.165, 1.54) is 28.3 Å². The molecule has 0 heterocycles. The molecule has 0 bridgehead atoms. The van der Waals surface area contributed by atoms with Crippen LogP contribution in [0.25, 0.3) is 0 Å². The van der Waals surface area contributed by atoms with Crippen LogP contribution in [0.4, 0.5) is 0 Å². The van der Waals surface area contributed by atoms with E-state index in [1.54, 1.807) is 23.3 Å². The van der Waals surface area contributed by atoms with Gasteiger partial charge in [-0.2, -0.15) is 46.5 Å². The molecule has 0 N–H and O–H groups in total. The summed E-state index contributed by atoms with van der Waals surface area (Å²) in [4.78, 5) is 0. The van der Waals surface area contributed by atoms with Crippen LogP contribution in [0.5, 0.6) is 0 Å². The maximum atomic E-state index is 2.36. The minimum absolute atomic E-state index is 0. The van der Waals surface area contributed by atoms with Gasteiger partial charge in [0.15, 0.2) is 0 Å². The molecule has 0 atom stereocenters. The van der Waals surface area contributed by atoms with Gasteiger partial charge in [-0.3, -0.25) is 0 Å². The Morgan fingerprint density at radius 2 is 1.07 bits per heavy atom. The van der Waals surface area contributed by atoms with E-state index in [0.717, 1.165) is 0 Å². The molecular formula is C23H38Cl2SiZr-2. The first kappa shape index (κ1) is 32.1. The molecule has 2 aromatic rings. The molecule has 0 aliphatic carbocycles. The zero-order chi connectivity index (χ0) is 19.8. The first-order chi connectivity index (χ1) is 11.3. The van der Waals surface area contributed by atoms with Crippen LogP contribution < -0.4 is 24.8 Å². The standard InChI is InChI=1S/2C10H15.C3H8Si.2ClH.Zr/c2*1-8-5-6-9(7-8)10(2,3)4;1-3-4-2;;;/h2*5-7H,1-4H3;3H2,1-2H3;2*1H;/q2*-1;;;;+2/p-2. The summed E-state index contributed by atoms with van der Waals surface area (Å²) in [5, 5.41) is 0. The van der Waals surface area contributed by atoms with Gasteiger partial charge in [0.2, 0.25) is 0 Å². The molecule has 0 saturated carbocycles. The van der Waals surface area contributed by atoms with Gasteiger partial charge in [-0.1, -0.05) is 66.2 Å². The SMILES string of the molecule is CC[Si](C)=[Zr+2].Cc1cc(C(C)(C)C)c[cH-]1.Cc1cc(C(C)(C)C)c[cH-]1.[Cl-].[Cl-]. The summed E-state index contributed by atoms with van der Waals surface area (Å²) in [5.74, 6) is 0. The normalized spacial score (nSPS) is 10.4. The van der Waals surface area contributed by atoms with E-state index in [9.17, 15) is 0 Å². The van der Waals surface area contributed by atoms with Crippen molar-refractivity contribution in [3.8, 4) is 0 Å². The maximum absolute atomic E-state index is 2.36. The smallest absolute Gasteiger partial charge is 0.0635 e. The van der Waals surface area contributed by atoms with Crippen molar-refractivity contribution in [3.63, 3.8) is 0 Å². The second-order valence-electron chi connectivity index (χ2n) is 8.99. The molecule has 0 nitrogen and oxygen atoms in total. The van der Waals surface area contributed by atoms with E-state index < -0.39 is 0 Å². The molecule has 27 heavy (non-hydrogen) atoms. The quantitative estimate of drug-likeness (QED) is 0.405. The van der Waals surface area contributed by atoms with Crippen molar-refractivity contribution in [1.29, 1.82) is 0 Å². The summed E-state index contributed by atoms with van der Waals surface area (Å²) in [6.07, 6.45) is 0. The molecule has 0 aliphatic rings. The van der Waals surface area contributed by atoms with Gasteiger partial charge in [-0.05, 0) is 0 Å². The minimum Gasteiger partial charge on any atom is -1.00 e. The number of aryl methyl sites for hydroxylation is 2. The van der Waals surface area contributed by atoms with E-state index in [1.807, 2.05) is 0 Å². The molecule has 0 aromatic heterocycles. The summed E-state index contributed by atoms with van der Waals surface area (Å²) in [7, 11) is 0. The Morgan fingerprint density at radius 3 is 1.15 bits per heavy atom. The third-order valence-electron chi connectivity index (χ3n) is 4.08. The van der Waals surface area contributed by atoms with Gasteiger partial charge < -0.3 is 24.8 Å².